The fourth-order valence-corrected chi connectivity index (χ4v) is 5.95. The number of aromatic carboxylic acids is 1. The van der Waals surface area contributed by atoms with Gasteiger partial charge in [0.25, 0.3) is 5.91 Å². The molecule has 2 saturated heterocycles. The molecule has 1 amide bonds. The van der Waals surface area contributed by atoms with Crippen molar-refractivity contribution < 1.29 is 14.7 Å². The molecule has 2 aliphatic rings. The molecule has 2 aliphatic heterocycles. The normalized spacial score (nSPS) is 19.4. The summed E-state index contributed by atoms with van der Waals surface area (Å²) >= 11 is 0. The summed E-state index contributed by atoms with van der Waals surface area (Å²) in [6.45, 7) is 11.5. The van der Waals surface area contributed by atoms with Gasteiger partial charge in [-0.3, -0.25) is 4.79 Å². The van der Waals surface area contributed by atoms with Crippen LogP contribution in [0.5, 0.6) is 0 Å². The van der Waals surface area contributed by atoms with Crippen LogP contribution in [0.4, 0.5) is 11.5 Å². The number of benzene rings is 1. The van der Waals surface area contributed by atoms with Gasteiger partial charge in [0.1, 0.15) is 5.82 Å². The van der Waals surface area contributed by atoms with E-state index in [2.05, 4.69) is 68.6 Å². The summed E-state index contributed by atoms with van der Waals surface area (Å²) in [4.78, 5) is 37.8. The number of carboxylic acids is 1. The third kappa shape index (κ3) is 4.98. The van der Waals surface area contributed by atoms with E-state index in [0.717, 1.165) is 30.8 Å². The quantitative estimate of drug-likeness (QED) is 0.354. The monoisotopic (exact) mass is 553 g/mol. The van der Waals surface area contributed by atoms with Crippen LogP contribution in [0.15, 0.2) is 60.8 Å². The molecule has 0 saturated carbocycles. The van der Waals surface area contributed by atoms with E-state index >= 15 is 0 Å². The van der Waals surface area contributed by atoms with E-state index in [1.165, 1.54) is 11.6 Å². The molecular weight excluding hydrogens is 518 g/mol. The zero-order valence-electron chi connectivity index (χ0n) is 23.8. The topological polar surface area (TPSA) is 116 Å². The van der Waals surface area contributed by atoms with Crippen LogP contribution in [-0.4, -0.2) is 68.3 Å². The van der Waals surface area contributed by atoms with Gasteiger partial charge < -0.3 is 20.2 Å². The first-order chi connectivity index (χ1) is 19.5. The largest absolute Gasteiger partial charge is 0.477 e. The second-order valence-electron chi connectivity index (χ2n) is 12.1. The maximum atomic E-state index is 13.3. The van der Waals surface area contributed by atoms with Gasteiger partial charge >= 0.3 is 5.97 Å². The first kappa shape index (κ1) is 26.7. The minimum Gasteiger partial charge on any atom is -0.477 e. The summed E-state index contributed by atoms with van der Waals surface area (Å²) in [6, 6.07) is 17.8. The number of fused-ring (bicyclic) bond motifs is 1. The number of anilines is 2. The van der Waals surface area contributed by atoms with Crippen LogP contribution in [0.2, 0.25) is 0 Å². The van der Waals surface area contributed by atoms with E-state index in [-0.39, 0.29) is 28.8 Å². The predicted molar refractivity (Wildman–Crippen MR) is 157 cm³/mol. The molecular formula is C31H35N7O3. The zero-order valence-corrected chi connectivity index (χ0v) is 23.8. The molecule has 5 heterocycles. The van der Waals surface area contributed by atoms with Crippen molar-refractivity contribution in [2.45, 2.75) is 45.1 Å². The molecule has 2 N–H and O–H groups in total. The van der Waals surface area contributed by atoms with Gasteiger partial charge in [0.05, 0.1) is 11.9 Å². The van der Waals surface area contributed by atoms with E-state index in [9.17, 15) is 14.7 Å². The van der Waals surface area contributed by atoms with Crippen LogP contribution in [0.3, 0.4) is 0 Å². The maximum absolute atomic E-state index is 13.3. The molecule has 6 rings (SSSR count). The summed E-state index contributed by atoms with van der Waals surface area (Å²) in [5, 5.41) is 16.9. The van der Waals surface area contributed by atoms with Gasteiger partial charge in [0.15, 0.2) is 11.3 Å². The first-order valence-corrected chi connectivity index (χ1v) is 14.0. The van der Waals surface area contributed by atoms with Crippen molar-refractivity contribution in [3.63, 3.8) is 0 Å². The fourth-order valence-electron chi connectivity index (χ4n) is 5.95. The Labute approximate surface area is 239 Å². The Hall–Kier alpha value is -4.47. The second-order valence-corrected chi connectivity index (χ2v) is 12.1. The van der Waals surface area contributed by atoms with Gasteiger partial charge in [-0.1, -0.05) is 43.3 Å². The average molecular weight is 554 g/mol. The third-order valence-electron chi connectivity index (χ3n) is 8.73. The summed E-state index contributed by atoms with van der Waals surface area (Å²) in [6.07, 6.45) is 3.03. The summed E-state index contributed by atoms with van der Waals surface area (Å²) in [7, 11) is 0. The number of carbonyl (C=O) groups is 2. The van der Waals surface area contributed by atoms with E-state index in [1.54, 1.807) is 16.6 Å². The summed E-state index contributed by atoms with van der Waals surface area (Å²) in [5.74, 6) is -0.451. The Morgan fingerprint density at radius 3 is 2.54 bits per heavy atom. The molecule has 10 heteroatoms. The summed E-state index contributed by atoms with van der Waals surface area (Å²) in [5.41, 5.74) is 3.63. The van der Waals surface area contributed by atoms with Crippen LogP contribution in [0.1, 0.15) is 59.4 Å². The van der Waals surface area contributed by atoms with Gasteiger partial charge in [-0.05, 0) is 56.5 Å². The Kier molecular flexibility index (Phi) is 6.43. The molecule has 0 spiro atoms. The number of aryl methyl sites for hydroxylation is 1. The molecule has 0 unspecified atom stereocenters. The highest BCUT2D eigenvalue weighted by atomic mass is 16.4. The highest BCUT2D eigenvalue weighted by Crippen LogP contribution is 2.37. The van der Waals surface area contributed by atoms with Gasteiger partial charge in [0, 0.05) is 43.1 Å². The van der Waals surface area contributed by atoms with Gasteiger partial charge in [-0.15, -0.1) is 5.10 Å². The maximum Gasteiger partial charge on any atom is 0.354 e. The lowest BCUT2D eigenvalue weighted by Gasteiger charge is -2.48. The van der Waals surface area contributed by atoms with Gasteiger partial charge in [-0.2, -0.15) is 0 Å². The molecule has 1 atom stereocenters. The van der Waals surface area contributed by atoms with Crippen molar-refractivity contribution in [2.24, 2.45) is 5.92 Å². The number of hydrogen-bond donors (Lipinski definition) is 2. The van der Waals surface area contributed by atoms with Crippen LogP contribution in [0.25, 0.3) is 5.65 Å². The Morgan fingerprint density at radius 2 is 1.80 bits per heavy atom. The van der Waals surface area contributed by atoms with E-state index < -0.39 is 11.5 Å². The smallest absolute Gasteiger partial charge is 0.354 e. The third-order valence-corrected chi connectivity index (χ3v) is 8.73. The molecule has 0 aliphatic carbocycles. The van der Waals surface area contributed by atoms with E-state index in [4.69, 9.17) is 0 Å². The van der Waals surface area contributed by atoms with Crippen LogP contribution >= 0.6 is 0 Å². The van der Waals surface area contributed by atoms with Gasteiger partial charge in [-0.25, -0.2) is 19.3 Å². The van der Waals surface area contributed by atoms with Crippen molar-refractivity contribution in [1.29, 1.82) is 0 Å². The van der Waals surface area contributed by atoms with Crippen molar-refractivity contribution in [1.82, 2.24) is 24.9 Å². The molecule has 3 aromatic heterocycles. The number of carbonyl (C=O) groups excluding carboxylic acids is 1. The predicted octanol–water partition coefficient (Wildman–Crippen LogP) is 3.94. The number of amides is 1. The minimum absolute atomic E-state index is 0.0184. The zero-order chi connectivity index (χ0) is 28.9. The fraction of sp³-hybridized carbons (Fsp3) is 0.387. The molecule has 41 heavy (non-hydrogen) atoms. The number of rotatable bonds is 7. The molecule has 0 bridgehead atoms. The number of aromatic nitrogens is 4. The van der Waals surface area contributed by atoms with Gasteiger partial charge in [0.2, 0.25) is 5.82 Å². The SMILES string of the molecule is Cc1cc(N2CC[C@](C)(c3ccccc3)C2)cn2nc(C(=O)NC(C)(C)C3CN(c4cccc(C(=O)O)n4)C3)nc12. The number of nitrogens with one attached hydrogen (secondary N) is 1. The molecule has 2 fully saturated rings. The standard InChI is InChI=1S/C31H35N7O3/c1-20-15-23(36-14-13-31(4,19-36)21-9-6-5-7-10-21)18-38-27(20)33-26(35-38)28(39)34-30(2,3)22-16-37(17-22)25-12-8-11-24(32-25)29(40)41/h5-12,15,18,22H,13-14,16-17,19H2,1-4H3,(H,34,39)(H,40,41)/t31-/m0/s1. The number of carboxylic acid groups (broad SMARTS) is 1. The van der Waals surface area contributed by atoms with Crippen molar-refractivity contribution in [3.8, 4) is 0 Å². The summed E-state index contributed by atoms with van der Waals surface area (Å²) < 4.78 is 1.72. The Bertz CT molecular complexity index is 1630. The highest BCUT2D eigenvalue weighted by molar-refractivity contribution is 5.91. The molecule has 10 nitrogen and oxygen atoms in total. The van der Waals surface area contributed by atoms with Crippen molar-refractivity contribution in [3.05, 3.63) is 83.4 Å². The van der Waals surface area contributed by atoms with Crippen LogP contribution in [-0.2, 0) is 5.41 Å². The Balaban J connectivity index is 1.14. The lowest BCUT2D eigenvalue weighted by atomic mass is 9.81. The highest BCUT2D eigenvalue weighted by Gasteiger charge is 2.41. The molecule has 212 valence electrons. The van der Waals surface area contributed by atoms with Crippen LogP contribution in [0, 0.1) is 12.8 Å². The number of nitrogens with zero attached hydrogens (tertiary/aromatic N) is 6. The lowest BCUT2D eigenvalue weighted by Crippen LogP contribution is -2.62. The molecule has 4 aromatic rings. The van der Waals surface area contributed by atoms with E-state index in [0.29, 0.717) is 24.6 Å². The minimum atomic E-state index is -1.05. The second kappa shape index (κ2) is 9.87. The van der Waals surface area contributed by atoms with Crippen molar-refractivity contribution >= 4 is 29.0 Å². The average Bonchev–Trinajstić information content (AvgIpc) is 3.53. The van der Waals surface area contributed by atoms with Crippen molar-refractivity contribution in [2.75, 3.05) is 36.0 Å². The Morgan fingerprint density at radius 1 is 1.05 bits per heavy atom. The van der Waals surface area contributed by atoms with Crippen LogP contribution < -0.4 is 15.1 Å². The lowest BCUT2D eigenvalue weighted by molar-refractivity contribution is 0.0689. The first-order valence-electron chi connectivity index (χ1n) is 14.0. The number of hydrogen-bond acceptors (Lipinski definition) is 7. The number of pyridine rings is 2. The van der Waals surface area contributed by atoms with E-state index in [1.807, 2.05) is 31.9 Å². The molecule has 1 aromatic carbocycles. The molecule has 0 radical (unpaired) electrons.